The molecule has 1 aromatic carbocycles. The second-order valence-corrected chi connectivity index (χ2v) is 3.66. The van der Waals surface area contributed by atoms with Gasteiger partial charge in [0.15, 0.2) is 6.61 Å². The molecule has 6 heteroatoms. The van der Waals surface area contributed by atoms with Crippen molar-refractivity contribution in [2.24, 2.45) is 0 Å². The lowest BCUT2D eigenvalue weighted by molar-refractivity contribution is -0.128. The molecule has 2 N–H and O–H groups in total. The number of carbonyl (C=O) groups is 2. The van der Waals surface area contributed by atoms with Gasteiger partial charge in [0.1, 0.15) is 11.6 Å². The van der Waals surface area contributed by atoms with E-state index in [1.807, 2.05) is 6.92 Å². The van der Waals surface area contributed by atoms with Crippen LogP contribution in [0.1, 0.15) is 6.92 Å². The fourth-order valence-corrected chi connectivity index (χ4v) is 1.14. The van der Waals surface area contributed by atoms with Gasteiger partial charge in [0, 0.05) is 6.08 Å². The molecule has 1 aromatic rings. The number of ether oxygens (including phenoxy) is 1. The van der Waals surface area contributed by atoms with Gasteiger partial charge in [0.2, 0.25) is 0 Å². The second kappa shape index (κ2) is 8.47. The molecular weight excluding hydrogens is 263 g/mol. The molecule has 0 radical (unpaired) electrons. The van der Waals surface area contributed by atoms with Crippen molar-refractivity contribution in [1.82, 2.24) is 10.9 Å². The highest BCUT2D eigenvalue weighted by atomic mass is 19.1. The Bertz CT molecular complexity index is 510. The molecule has 0 unspecified atom stereocenters. The number of halogens is 1. The van der Waals surface area contributed by atoms with Crippen molar-refractivity contribution in [3.8, 4) is 5.75 Å². The molecule has 0 bridgehead atoms. The summed E-state index contributed by atoms with van der Waals surface area (Å²) in [5.74, 6) is -1.01. The first-order valence-electron chi connectivity index (χ1n) is 5.88. The molecule has 0 fully saturated rings. The monoisotopic (exact) mass is 278 g/mol. The third-order valence-corrected chi connectivity index (χ3v) is 2.06. The fraction of sp³-hybridized carbons (Fsp3) is 0.143. The van der Waals surface area contributed by atoms with E-state index in [1.54, 1.807) is 12.2 Å². The zero-order valence-electron chi connectivity index (χ0n) is 10.9. The quantitative estimate of drug-likeness (QED) is 0.487. The average molecular weight is 278 g/mol. The Labute approximate surface area is 116 Å². The molecule has 2 amide bonds. The van der Waals surface area contributed by atoms with Crippen LogP contribution in [-0.4, -0.2) is 18.4 Å². The second-order valence-electron chi connectivity index (χ2n) is 3.66. The average Bonchev–Trinajstić information content (AvgIpc) is 2.45. The summed E-state index contributed by atoms with van der Waals surface area (Å²) in [6.45, 7) is 1.53. The summed E-state index contributed by atoms with van der Waals surface area (Å²) in [5.41, 5.74) is 4.37. The maximum atomic E-state index is 12.6. The van der Waals surface area contributed by atoms with Gasteiger partial charge in [0.25, 0.3) is 11.8 Å². The van der Waals surface area contributed by atoms with Gasteiger partial charge in [-0.1, -0.05) is 18.2 Å². The lowest BCUT2D eigenvalue weighted by Gasteiger charge is -2.07. The molecule has 0 saturated carbocycles. The van der Waals surface area contributed by atoms with Gasteiger partial charge in [-0.15, -0.1) is 0 Å². The van der Waals surface area contributed by atoms with Crippen molar-refractivity contribution < 1.29 is 18.7 Å². The van der Waals surface area contributed by atoms with Crippen molar-refractivity contribution >= 4 is 11.8 Å². The van der Waals surface area contributed by atoms with E-state index in [9.17, 15) is 14.0 Å². The van der Waals surface area contributed by atoms with Crippen molar-refractivity contribution in [2.45, 2.75) is 6.92 Å². The summed E-state index contributed by atoms with van der Waals surface area (Å²) in [7, 11) is 0. The van der Waals surface area contributed by atoms with Crippen LogP contribution in [0.2, 0.25) is 0 Å². The van der Waals surface area contributed by atoms with Crippen LogP contribution in [0.25, 0.3) is 0 Å². The number of amides is 2. The minimum absolute atomic E-state index is 0.287. The van der Waals surface area contributed by atoms with Gasteiger partial charge in [-0.3, -0.25) is 20.4 Å². The normalized spacial score (nSPS) is 10.7. The highest BCUT2D eigenvalue weighted by molar-refractivity contribution is 5.90. The van der Waals surface area contributed by atoms with Gasteiger partial charge in [-0.2, -0.15) is 0 Å². The molecule has 0 heterocycles. The van der Waals surface area contributed by atoms with Gasteiger partial charge < -0.3 is 4.74 Å². The highest BCUT2D eigenvalue weighted by Crippen LogP contribution is 2.10. The van der Waals surface area contributed by atoms with Crippen LogP contribution < -0.4 is 15.6 Å². The number of rotatable bonds is 5. The number of hydrogen-bond acceptors (Lipinski definition) is 3. The van der Waals surface area contributed by atoms with E-state index in [0.717, 1.165) is 0 Å². The zero-order chi connectivity index (χ0) is 14.8. The smallest absolute Gasteiger partial charge is 0.276 e. The van der Waals surface area contributed by atoms with Crippen LogP contribution in [0.5, 0.6) is 5.75 Å². The summed E-state index contributed by atoms with van der Waals surface area (Å²) < 4.78 is 17.7. The molecule has 20 heavy (non-hydrogen) atoms. The predicted molar refractivity (Wildman–Crippen MR) is 72.1 cm³/mol. The molecule has 0 aliphatic rings. The Kier molecular flexibility index (Phi) is 6.53. The Hall–Kier alpha value is -2.63. The molecule has 0 spiro atoms. The van der Waals surface area contributed by atoms with E-state index >= 15 is 0 Å². The van der Waals surface area contributed by atoms with E-state index < -0.39 is 11.8 Å². The largest absolute Gasteiger partial charge is 0.484 e. The fourth-order valence-electron chi connectivity index (χ4n) is 1.14. The molecule has 0 aromatic heterocycles. The molecule has 0 aliphatic carbocycles. The molecular formula is C14H15FN2O3. The van der Waals surface area contributed by atoms with E-state index in [2.05, 4.69) is 10.9 Å². The minimum atomic E-state index is -0.526. The summed E-state index contributed by atoms with van der Waals surface area (Å²) in [4.78, 5) is 22.6. The highest BCUT2D eigenvalue weighted by Gasteiger charge is 2.03. The zero-order valence-corrected chi connectivity index (χ0v) is 10.9. The standard InChI is InChI=1S/C14H15FN2O3/c1-2-3-4-5-13(18)16-17-14(19)10-20-12-8-6-11(15)7-9-12/h2-9H,10H2,1H3,(H,16,18)(H,17,19)/b3-2+,5-4+. The first-order chi connectivity index (χ1) is 9.61. The van der Waals surface area contributed by atoms with E-state index in [4.69, 9.17) is 4.74 Å². The molecule has 106 valence electrons. The maximum absolute atomic E-state index is 12.6. The van der Waals surface area contributed by atoms with Crippen molar-refractivity contribution in [1.29, 1.82) is 0 Å². The van der Waals surface area contributed by atoms with Gasteiger partial charge in [-0.25, -0.2) is 4.39 Å². The number of nitrogens with one attached hydrogen (secondary N) is 2. The number of hydrazine groups is 1. The topological polar surface area (TPSA) is 67.4 Å². The molecule has 5 nitrogen and oxygen atoms in total. The third kappa shape index (κ3) is 6.34. The summed E-state index contributed by atoms with van der Waals surface area (Å²) in [5, 5.41) is 0. The van der Waals surface area contributed by atoms with E-state index in [-0.39, 0.29) is 12.4 Å². The van der Waals surface area contributed by atoms with Crippen LogP contribution >= 0.6 is 0 Å². The minimum Gasteiger partial charge on any atom is -0.484 e. The predicted octanol–water partition coefficient (Wildman–Crippen LogP) is 1.48. The van der Waals surface area contributed by atoms with Crippen LogP contribution in [0.4, 0.5) is 4.39 Å². The van der Waals surface area contributed by atoms with Crippen LogP contribution in [0.3, 0.4) is 0 Å². The van der Waals surface area contributed by atoms with Gasteiger partial charge in [0.05, 0.1) is 0 Å². The summed E-state index contributed by atoms with van der Waals surface area (Å²) >= 11 is 0. The van der Waals surface area contributed by atoms with Crippen molar-refractivity contribution in [2.75, 3.05) is 6.61 Å². The Morgan fingerprint density at radius 1 is 1.20 bits per heavy atom. The van der Waals surface area contributed by atoms with Crippen molar-refractivity contribution in [3.63, 3.8) is 0 Å². The first kappa shape index (κ1) is 15.4. The lowest BCUT2D eigenvalue weighted by atomic mass is 10.3. The summed E-state index contributed by atoms with van der Waals surface area (Å²) in [6, 6.07) is 5.25. The number of hydrogen-bond donors (Lipinski definition) is 2. The molecule has 0 atom stereocenters. The lowest BCUT2D eigenvalue weighted by Crippen LogP contribution is -2.43. The SMILES string of the molecule is C/C=C/C=C/C(=O)NNC(=O)COc1ccc(F)cc1. The van der Waals surface area contributed by atoms with E-state index in [1.165, 1.54) is 36.4 Å². The maximum Gasteiger partial charge on any atom is 0.276 e. The number of benzene rings is 1. The van der Waals surface area contributed by atoms with Crippen LogP contribution in [0, 0.1) is 5.82 Å². The summed E-state index contributed by atoms with van der Waals surface area (Å²) in [6.07, 6.45) is 6.25. The number of allylic oxidation sites excluding steroid dienone is 3. The molecule has 0 aliphatic heterocycles. The Morgan fingerprint density at radius 3 is 2.55 bits per heavy atom. The first-order valence-corrected chi connectivity index (χ1v) is 5.88. The third-order valence-electron chi connectivity index (χ3n) is 2.06. The van der Waals surface area contributed by atoms with Crippen molar-refractivity contribution in [3.05, 3.63) is 54.4 Å². The van der Waals surface area contributed by atoms with Crippen LogP contribution in [-0.2, 0) is 9.59 Å². The Balaban J connectivity index is 2.26. The van der Waals surface area contributed by atoms with Crippen LogP contribution in [0.15, 0.2) is 48.6 Å². The number of carbonyl (C=O) groups excluding carboxylic acids is 2. The van der Waals surface area contributed by atoms with Gasteiger partial charge in [-0.05, 0) is 31.2 Å². The molecule has 1 rings (SSSR count). The van der Waals surface area contributed by atoms with E-state index in [0.29, 0.717) is 5.75 Å². The Morgan fingerprint density at radius 2 is 1.90 bits per heavy atom. The van der Waals surface area contributed by atoms with Gasteiger partial charge >= 0.3 is 0 Å². The molecule has 0 saturated heterocycles.